The molecule has 5 N–H and O–H groups in total. The highest BCUT2D eigenvalue weighted by Gasteiger charge is 2.65. The number of rotatable bonds is 9. The van der Waals surface area contributed by atoms with Crippen molar-refractivity contribution in [1.29, 1.82) is 0 Å². The van der Waals surface area contributed by atoms with E-state index in [1.54, 1.807) is 11.1 Å². The minimum Gasteiger partial charge on any atom is -0.394 e. The van der Waals surface area contributed by atoms with Gasteiger partial charge in [-0.2, -0.15) is 0 Å². The lowest BCUT2D eigenvalue weighted by Gasteiger charge is -2.62. The lowest BCUT2D eigenvalue weighted by Crippen LogP contribution is -2.59. The second-order valence-electron chi connectivity index (χ2n) is 17.1. The largest absolute Gasteiger partial charge is 0.394 e. The van der Waals surface area contributed by atoms with Gasteiger partial charge < -0.3 is 39.7 Å². The SMILES string of the molecule is CC(C)(O)CCC[C@@H](CO[C@@H]1O[C@H](CO)[C@@H](O)[C@H](O)[C@H]1O)[C@H]1CC[C@]2(C)[C@@H]1CC[C@@H]1C3=C(CC[C@]12C)C(C)(C)[C@@H]1CC[C@H]3O1. The summed E-state index contributed by atoms with van der Waals surface area (Å²) in [5.74, 6) is 1.80. The summed E-state index contributed by atoms with van der Waals surface area (Å²) in [6, 6.07) is 0. The van der Waals surface area contributed by atoms with Gasteiger partial charge in [0.25, 0.3) is 0 Å². The van der Waals surface area contributed by atoms with Gasteiger partial charge in [-0.15, -0.1) is 0 Å². The Hall–Kier alpha value is -0.580. The van der Waals surface area contributed by atoms with Gasteiger partial charge in [-0.05, 0) is 118 Å². The first kappa shape index (κ1) is 33.3. The van der Waals surface area contributed by atoms with Gasteiger partial charge in [-0.25, -0.2) is 0 Å². The average Bonchev–Trinajstić information content (AvgIpc) is 3.57. The van der Waals surface area contributed by atoms with E-state index in [0.717, 1.165) is 19.3 Å². The fourth-order valence-electron chi connectivity index (χ4n) is 11.2. The highest BCUT2D eigenvalue weighted by molar-refractivity contribution is 5.38. The van der Waals surface area contributed by atoms with Crippen molar-refractivity contribution < 1.29 is 39.7 Å². The molecule has 8 heteroatoms. The van der Waals surface area contributed by atoms with E-state index < -0.39 is 42.9 Å². The lowest BCUT2D eigenvalue weighted by molar-refractivity contribution is -0.304. The Morgan fingerprint density at radius 1 is 0.909 bits per heavy atom. The van der Waals surface area contributed by atoms with E-state index in [2.05, 4.69) is 27.7 Å². The highest BCUT2D eigenvalue weighted by Crippen LogP contribution is 2.72. The highest BCUT2D eigenvalue weighted by atomic mass is 16.7. The number of hydrogen-bond acceptors (Lipinski definition) is 8. The summed E-state index contributed by atoms with van der Waals surface area (Å²) in [5.41, 5.74) is 3.21. The van der Waals surface area contributed by atoms with Crippen molar-refractivity contribution in [2.75, 3.05) is 13.2 Å². The molecule has 252 valence electrons. The van der Waals surface area contributed by atoms with E-state index in [9.17, 15) is 25.5 Å². The Labute approximate surface area is 264 Å². The number of hydrogen-bond donors (Lipinski definition) is 5. The molecule has 4 fully saturated rings. The van der Waals surface area contributed by atoms with E-state index in [1.807, 2.05) is 13.8 Å². The number of aliphatic hydroxyl groups is 5. The monoisotopic (exact) mass is 620 g/mol. The summed E-state index contributed by atoms with van der Waals surface area (Å²) in [6.45, 7) is 13.6. The van der Waals surface area contributed by atoms with Gasteiger partial charge in [0, 0.05) is 5.41 Å². The third-order valence-corrected chi connectivity index (χ3v) is 14.0. The molecule has 0 aromatic heterocycles. The molecule has 2 saturated heterocycles. The van der Waals surface area contributed by atoms with Crippen molar-refractivity contribution in [2.24, 2.45) is 39.9 Å². The fourth-order valence-corrected chi connectivity index (χ4v) is 11.2. The minimum atomic E-state index is -1.45. The predicted octanol–water partition coefficient (Wildman–Crippen LogP) is 4.49. The normalized spacial score (nSPS) is 47.2. The van der Waals surface area contributed by atoms with Crippen molar-refractivity contribution in [3.63, 3.8) is 0 Å². The molecule has 3 aliphatic carbocycles. The van der Waals surface area contributed by atoms with Gasteiger partial charge in [0.05, 0.1) is 31.0 Å². The molecule has 0 unspecified atom stereocenters. The van der Waals surface area contributed by atoms with Crippen LogP contribution in [0.5, 0.6) is 0 Å². The lowest BCUT2D eigenvalue weighted by atomic mass is 9.43. The van der Waals surface area contributed by atoms with Gasteiger partial charge in [0.1, 0.15) is 24.4 Å². The maximum absolute atomic E-state index is 10.7. The summed E-state index contributed by atoms with van der Waals surface area (Å²) in [5, 5.41) is 51.4. The quantitative estimate of drug-likeness (QED) is 0.239. The summed E-state index contributed by atoms with van der Waals surface area (Å²) in [7, 11) is 0. The van der Waals surface area contributed by atoms with Gasteiger partial charge >= 0.3 is 0 Å². The first-order chi connectivity index (χ1) is 20.6. The molecule has 3 aliphatic heterocycles. The first-order valence-corrected chi connectivity index (χ1v) is 17.7. The Morgan fingerprint density at radius 2 is 1.66 bits per heavy atom. The van der Waals surface area contributed by atoms with E-state index in [4.69, 9.17) is 14.2 Å². The van der Waals surface area contributed by atoms with Crippen molar-refractivity contribution in [2.45, 2.75) is 161 Å². The first-order valence-electron chi connectivity index (χ1n) is 17.7. The Morgan fingerprint density at radius 3 is 2.36 bits per heavy atom. The smallest absolute Gasteiger partial charge is 0.186 e. The Bertz CT molecular complexity index is 1080. The molecule has 0 aromatic carbocycles. The Kier molecular flexibility index (Phi) is 8.96. The third kappa shape index (κ3) is 5.35. The fraction of sp³-hybridized carbons (Fsp3) is 0.944. The Balaban J connectivity index is 1.23. The molecule has 2 saturated carbocycles. The van der Waals surface area contributed by atoms with Crippen LogP contribution >= 0.6 is 0 Å². The van der Waals surface area contributed by atoms with Gasteiger partial charge in [0.2, 0.25) is 0 Å². The number of fused-ring (bicyclic) bond motifs is 7. The van der Waals surface area contributed by atoms with Crippen LogP contribution < -0.4 is 0 Å². The van der Waals surface area contributed by atoms with Crippen molar-refractivity contribution in [1.82, 2.24) is 0 Å². The summed E-state index contributed by atoms with van der Waals surface area (Å²) in [6.07, 6.45) is 6.32. The number of ether oxygens (including phenoxy) is 3. The zero-order valence-corrected chi connectivity index (χ0v) is 28.0. The third-order valence-electron chi connectivity index (χ3n) is 14.0. The van der Waals surface area contributed by atoms with Crippen LogP contribution in [0.4, 0.5) is 0 Å². The van der Waals surface area contributed by atoms with Crippen LogP contribution in [0.3, 0.4) is 0 Å². The zero-order chi connectivity index (χ0) is 31.8. The summed E-state index contributed by atoms with van der Waals surface area (Å²) < 4.78 is 18.7. The number of aliphatic hydroxyl groups excluding tert-OH is 4. The molecule has 0 spiro atoms. The molecule has 0 radical (unpaired) electrons. The van der Waals surface area contributed by atoms with E-state index >= 15 is 0 Å². The molecule has 8 nitrogen and oxygen atoms in total. The molecular weight excluding hydrogens is 560 g/mol. The van der Waals surface area contributed by atoms with Gasteiger partial charge in [-0.3, -0.25) is 0 Å². The van der Waals surface area contributed by atoms with Crippen LogP contribution in [-0.2, 0) is 14.2 Å². The maximum atomic E-state index is 10.7. The molecule has 2 bridgehead atoms. The molecule has 6 rings (SSSR count). The molecule has 6 aliphatic rings. The second kappa shape index (κ2) is 11.8. The van der Waals surface area contributed by atoms with Crippen molar-refractivity contribution >= 4 is 0 Å². The van der Waals surface area contributed by atoms with Crippen LogP contribution in [0.1, 0.15) is 112 Å². The summed E-state index contributed by atoms with van der Waals surface area (Å²) >= 11 is 0. The standard InChI is InChI=1S/C36H60O8/c1-33(2,41)15-7-8-20(19-42-32-31(40)30(39)29(38)26(18-37)44-32)21-13-16-35(5)22(21)9-10-24-28-23(14-17-36(24,35)6)34(3,4)27-12-11-25(28)43-27/h20-22,24-27,29-32,37-41H,7-19H2,1-6H3/t20-,21+,22+,24+,25+,26+,27-,29+,30-,31+,32+,35+,36+/m0/s1. The van der Waals surface area contributed by atoms with Crippen molar-refractivity contribution in [3.05, 3.63) is 11.1 Å². The molecular formula is C36H60O8. The van der Waals surface area contributed by atoms with Crippen LogP contribution in [-0.4, -0.2) is 87.3 Å². The summed E-state index contributed by atoms with van der Waals surface area (Å²) in [4.78, 5) is 0. The minimum absolute atomic E-state index is 0.132. The van der Waals surface area contributed by atoms with Gasteiger partial charge in [-0.1, -0.05) is 39.7 Å². The molecule has 44 heavy (non-hydrogen) atoms. The predicted molar refractivity (Wildman–Crippen MR) is 166 cm³/mol. The second-order valence-corrected chi connectivity index (χ2v) is 17.1. The molecule has 3 heterocycles. The van der Waals surface area contributed by atoms with E-state index in [-0.39, 0.29) is 22.2 Å². The van der Waals surface area contributed by atoms with Crippen LogP contribution in [0, 0.1) is 39.9 Å². The molecule has 0 amide bonds. The maximum Gasteiger partial charge on any atom is 0.186 e. The molecule has 0 aromatic rings. The van der Waals surface area contributed by atoms with Crippen LogP contribution in [0.15, 0.2) is 11.1 Å². The van der Waals surface area contributed by atoms with Crippen molar-refractivity contribution in [3.8, 4) is 0 Å². The van der Waals surface area contributed by atoms with Crippen LogP contribution in [0.25, 0.3) is 0 Å². The topological polar surface area (TPSA) is 129 Å². The average molecular weight is 621 g/mol. The molecule has 13 atom stereocenters. The van der Waals surface area contributed by atoms with Crippen LogP contribution in [0.2, 0.25) is 0 Å². The van der Waals surface area contributed by atoms with E-state index in [0.29, 0.717) is 43.0 Å². The van der Waals surface area contributed by atoms with E-state index in [1.165, 1.54) is 44.9 Å². The zero-order valence-electron chi connectivity index (χ0n) is 28.0. The van der Waals surface area contributed by atoms with Gasteiger partial charge in [0.15, 0.2) is 6.29 Å².